The van der Waals surface area contributed by atoms with Crippen LogP contribution < -0.4 is 5.73 Å². The molecule has 0 aromatic rings. The fourth-order valence-electron chi connectivity index (χ4n) is 0.441. The molecule has 0 aliphatic carbocycles. The summed E-state index contributed by atoms with van der Waals surface area (Å²) in [5.74, 6) is -1.06. The van der Waals surface area contributed by atoms with Crippen LogP contribution in [0.1, 0.15) is 13.8 Å². The van der Waals surface area contributed by atoms with Gasteiger partial charge in [-0.1, -0.05) is 0 Å². The van der Waals surface area contributed by atoms with E-state index in [-0.39, 0.29) is 11.0 Å². The molecule has 5 heteroatoms. The second-order valence-corrected chi connectivity index (χ2v) is 4.58. The largest absolute Gasteiger partial charge is 0.616 e. The van der Waals surface area contributed by atoms with E-state index < -0.39 is 23.2 Å². The first-order chi connectivity index (χ1) is 4.95. The van der Waals surface area contributed by atoms with Crippen molar-refractivity contribution in [3.05, 3.63) is 0 Å². The summed E-state index contributed by atoms with van der Waals surface area (Å²) in [6, 6.07) is -1.00. The van der Waals surface area contributed by atoms with Gasteiger partial charge in [-0.25, -0.2) is 0 Å². The molecule has 0 saturated carbocycles. The van der Waals surface area contributed by atoms with E-state index in [0.717, 1.165) is 0 Å². The zero-order valence-electron chi connectivity index (χ0n) is 6.61. The Morgan fingerprint density at radius 1 is 1.73 bits per heavy atom. The summed E-state index contributed by atoms with van der Waals surface area (Å²) in [5, 5.41) is 8.33. The first kappa shape index (κ1) is 10.7. The van der Waals surface area contributed by atoms with Gasteiger partial charge in [-0.3, -0.25) is 4.79 Å². The molecular weight excluding hydrogens is 166 g/mol. The highest BCUT2D eigenvalue weighted by Crippen LogP contribution is 2.01. The van der Waals surface area contributed by atoms with Crippen molar-refractivity contribution < 1.29 is 14.5 Å². The van der Waals surface area contributed by atoms with Crippen molar-refractivity contribution in [2.45, 2.75) is 25.1 Å². The molecule has 0 aliphatic heterocycles. The van der Waals surface area contributed by atoms with E-state index in [4.69, 9.17) is 10.8 Å². The Labute approximate surface area is 69.0 Å². The molecule has 11 heavy (non-hydrogen) atoms. The number of rotatable bonds is 4. The van der Waals surface area contributed by atoms with Gasteiger partial charge in [0, 0.05) is 0 Å². The van der Waals surface area contributed by atoms with Crippen LogP contribution in [0.5, 0.6) is 0 Å². The number of hydrogen-bond acceptors (Lipinski definition) is 3. The maximum atomic E-state index is 11.0. The predicted octanol–water partition coefficient (Wildman–Crippen LogP) is -0.445. The van der Waals surface area contributed by atoms with Crippen molar-refractivity contribution in [2.24, 2.45) is 5.73 Å². The normalized spacial score (nSPS) is 16.5. The molecule has 4 nitrogen and oxygen atoms in total. The minimum atomic E-state index is -1.13. The smallest absolute Gasteiger partial charge is 0.325 e. The van der Waals surface area contributed by atoms with Crippen LogP contribution in [0, 0.1) is 0 Å². The van der Waals surface area contributed by atoms with Crippen molar-refractivity contribution in [3.8, 4) is 0 Å². The summed E-state index contributed by atoms with van der Waals surface area (Å²) < 4.78 is 11.0. The van der Waals surface area contributed by atoms with Gasteiger partial charge in [-0.2, -0.15) is 0 Å². The Hall–Kier alpha value is -0.260. The van der Waals surface area contributed by atoms with Crippen LogP contribution in [0.15, 0.2) is 0 Å². The van der Waals surface area contributed by atoms with E-state index in [9.17, 15) is 9.35 Å². The summed E-state index contributed by atoms with van der Waals surface area (Å²) >= 11 is -1.13. The van der Waals surface area contributed by atoms with Crippen molar-refractivity contribution in [1.82, 2.24) is 0 Å². The first-order valence-corrected chi connectivity index (χ1v) is 4.69. The zero-order valence-corrected chi connectivity index (χ0v) is 7.43. The number of carbonyl (C=O) groups is 1. The molecular formula is C6H13NO3S. The van der Waals surface area contributed by atoms with E-state index in [1.807, 2.05) is 0 Å². The summed E-state index contributed by atoms with van der Waals surface area (Å²) in [5.41, 5.74) is 5.16. The topological polar surface area (TPSA) is 86.4 Å². The standard InChI is InChI=1S/C6H13NO3S/c1-4(2)11(10)3-5(7)6(8)9/h4-5H,3,7H2,1-2H3,(H,8,9). The fraction of sp³-hybridized carbons (Fsp3) is 0.833. The third kappa shape index (κ3) is 4.23. The quantitative estimate of drug-likeness (QED) is 0.572. The molecule has 0 radical (unpaired) electrons. The van der Waals surface area contributed by atoms with E-state index in [2.05, 4.69) is 0 Å². The molecule has 0 aromatic heterocycles. The van der Waals surface area contributed by atoms with Crippen LogP contribution in [0.25, 0.3) is 0 Å². The molecule has 3 N–H and O–H groups in total. The third-order valence-corrected chi connectivity index (χ3v) is 2.93. The van der Waals surface area contributed by atoms with Crippen molar-refractivity contribution in [3.63, 3.8) is 0 Å². The summed E-state index contributed by atoms with van der Waals surface area (Å²) in [7, 11) is 0. The van der Waals surface area contributed by atoms with Crippen molar-refractivity contribution in [2.75, 3.05) is 5.75 Å². The molecule has 2 atom stereocenters. The van der Waals surface area contributed by atoms with Gasteiger partial charge < -0.3 is 15.4 Å². The predicted molar refractivity (Wildman–Crippen MR) is 43.8 cm³/mol. The lowest BCUT2D eigenvalue weighted by Crippen LogP contribution is -2.39. The van der Waals surface area contributed by atoms with E-state index in [0.29, 0.717) is 0 Å². The van der Waals surface area contributed by atoms with Gasteiger partial charge in [0.05, 0.1) is 0 Å². The second-order valence-electron chi connectivity index (χ2n) is 2.54. The van der Waals surface area contributed by atoms with Crippen LogP contribution in [0.2, 0.25) is 0 Å². The highest BCUT2D eigenvalue weighted by Gasteiger charge is 2.21. The van der Waals surface area contributed by atoms with Gasteiger partial charge in [-0.15, -0.1) is 0 Å². The lowest BCUT2D eigenvalue weighted by Gasteiger charge is -2.16. The average molecular weight is 179 g/mol. The Kier molecular flexibility index (Phi) is 4.48. The van der Waals surface area contributed by atoms with E-state index in [1.165, 1.54) is 0 Å². The molecule has 0 heterocycles. The molecule has 0 rings (SSSR count). The first-order valence-electron chi connectivity index (χ1n) is 3.30. The van der Waals surface area contributed by atoms with Gasteiger partial charge in [0.25, 0.3) is 0 Å². The summed E-state index contributed by atoms with van der Waals surface area (Å²) in [6.07, 6.45) is 0. The molecule has 0 fully saturated rings. The van der Waals surface area contributed by atoms with Crippen molar-refractivity contribution >= 4 is 17.1 Å². The minimum Gasteiger partial charge on any atom is -0.616 e. The van der Waals surface area contributed by atoms with Crippen LogP contribution in [-0.2, 0) is 16.0 Å². The highest BCUT2D eigenvalue weighted by molar-refractivity contribution is 7.92. The molecule has 0 spiro atoms. The summed E-state index contributed by atoms with van der Waals surface area (Å²) in [4.78, 5) is 10.2. The SMILES string of the molecule is CC(C)[S+]([O-])CC(N)C(=O)O. The van der Waals surface area contributed by atoms with Gasteiger partial charge in [-0.05, 0) is 25.0 Å². The maximum Gasteiger partial charge on any atom is 0.325 e. The molecule has 2 unspecified atom stereocenters. The monoisotopic (exact) mass is 179 g/mol. The Balaban J connectivity index is 3.75. The van der Waals surface area contributed by atoms with Crippen LogP contribution in [-0.4, -0.2) is 32.7 Å². The number of carboxylic acids is 1. The van der Waals surface area contributed by atoms with E-state index in [1.54, 1.807) is 13.8 Å². The number of nitrogens with two attached hydrogens (primary N) is 1. The van der Waals surface area contributed by atoms with Crippen molar-refractivity contribution in [1.29, 1.82) is 0 Å². The Bertz CT molecular complexity index is 140. The molecule has 0 amide bonds. The number of aliphatic carboxylic acids is 1. The minimum absolute atomic E-state index is 0.0274. The molecule has 0 aliphatic rings. The summed E-state index contributed by atoms with van der Waals surface area (Å²) in [6.45, 7) is 3.54. The Morgan fingerprint density at radius 2 is 2.18 bits per heavy atom. The highest BCUT2D eigenvalue weighted by atomic mass is 32.2. The van der Waals surface area contributed by atoms with Gasteiger partial charge >= 0.3 is 5.97 Å². The van der Waals surface area contributed by atoms with Crippen LogP contribution in [0.3, 0.4) is 0 Å². The lowest BCUT2D eigenvalue weighted by atomic mass is 10.4. The van der Waals surface area contributed by atoms with Gasteiger partial charge in [0.2, 0.25) is 0 Å². The maximum absolute atomic E-state index is 11.0. The average Bonchev–Trinajstić information content (AvgIpc) is 1.87. The number of hydrogen-bond donors (Lipinski definition) is 2. The molecule has 66 valence electrons. The lowest BCUT2D eigenvalue weighted by molar-refractivity contribution is -0.137. The third-order valence-electron chi connectivity index (χ3n) is 1.19. The second kappa shape index (κ2) is 4.58. The Morgan fingerprint density at radius 3 is 2.45 bits per heavy atom. The van der Waals surface area contributed by atoms with Gasteiger partial charge in [0.1, 0.15) is 17.0 Å². The molecule has 0 bridgehead atoms. The fourth-order valence-corrected chi connectivity index (χ4v) is 1.32. The zero-order chi connectivity index (χ0) is 9.02. The van der Waals surface area contributed by atoms with E-state index >= 15 is 0 Å². The van der Waals surface area contributed by atoms with Crippen LogP contribution in [0.4, 0.5) is 0 Å². The molecule has 0 aromatic carbocycles. The van der Waals surface area contributed by atoms with Gasteiger partial charge in [0.15, 0.2) is 0 Å². The number of carboxylic acid groups (broad SMARTS) is 1. The molecule has 0 saturated heterocycles. The van der Waals surface area contributed by atoms with Crippen LogP contribution >= 0.6 is 0 Å².